The van der Waals surface area contributed by atoms with Crippen LogP contribution in [0.2, 0.25) is 0 Å². The Bertz CT molecular complexity index is 461. The quantitative estimate of drug-likeness (QED) is 0.587. The van der Waals surface area contributed by atoms with Crippen LogP contribution in [0.1, 0.15) is 46.0 Å². The number of nitriles is 1. The van der Waals surface area contributed by atoms with Crippen molar-refractivity contribution in [1.29, 1.82) is 5.26 Å². The molecule has 0 saturated heterocycles. The van der Waals surface area contributed by atoms with E-state index >= 15 is 0 Å². The van der Waals surface area contributed by atoms with Crippen LogP contribution in [-0.4, -0.2) is 24.3 Å². The predicted octanol–water partition coefficient (Wildman–Crippen LogP) is 1.33. The Hall–Kier alpha value is -1.90. The average Bonchev–Trinajstić information content (AvgIpc) is 2.39. The first-order valence-electron chi connectivity index (χ1n) is 7.26. The summed E-state index contributed by atoms with van der Waals surface area (Å²) in [6.07, 6.45) is 3.38. The maximum Gasteiger partial charge on any atom is 0.317 e. The highest BCUT2D eigenvalue weighted by atomic mass is 16.5. The zero-order valence-electron chi connectivity index (χ0n) is 12.6. The smallest absolute Gasteiger partial charge is 0.317 e. The molecular formula is C15H22N2O4. The van der Waals surface area contributed by atoms with Gasteiger partial charge in [0.25, 0.3) is 0 Å². The van der Waals surface area contributed by atoms with Crippen LogP contribution in [0.4, 0.5) is 0 Å². The summed E-state index contributed by atoms with van der Waals surface area (Å²) in [5.74, 6) is -4.08. The van der Waals surface area contributed by atoms with Crippen molar-refractivity contribution < 1.29 is 19.1 Å². The number of hydrogen-bond donors (Lipinski definition) is 1. The first-order chi connectivity index (χ1) is 9.90. The summed E-state index contributed by atoms with van der Waals surface area (Å²) >= 11 is 0. The van der Waals surface area contributed by atoms with Crippen LogP contribution in [0.25, 0.3) is 0 Å². The molecule has 1 saturated carbocycles. The first-order valence-corrected chi connectivity index (χ1v) is 7.26. The Morgan fingerprint density at radius 3 is 2.24 bits per heavy atom. The minimum absolute atomic E-state index is 0.145. The molecule has 1 aliphatic rings. The molecule has 0 heterocycles. The zero-order valence-corrected chi connectivity index (χ0v) is 12.6. The predicted molar refractivity (Wildman–Crippen MR) is 74.6 cm³/mol. The number of carbonyl (C=O) groups excluding carboxylic acids is 3. The molecule has 2 atom stereocenters. The van der Waals surface area contributed by atoms with E-state index in [-0.39, 0.29) is 12.4 Å². The van der Waals surface area contributed by atoms with E-state index in [2.05, 4.69) is 0 Å². The third kappa shape index (κ3) is 3.41. The lowest BCUT2D eigenvalue weighted by molar-refractivity contribution is -0.160. The lowest BCUT2D eigenvalue weighted by Crippen LogP contribution is -2.50. The van der Waals surface area contributed by atoms with Crippen LogP contribution < -0.4 is 5.73 Å². The van der Waals surface area contributed by atoms with E-state index in [1.807, 2.05) is 6.07 Å². The molecular weight excluding hydrogens is 272 g/mol. The van der Waals surface area contributed by atoms with Crippen LogP contribution in [-0.2, 0) is 19.1 Å². The number of hydrogen-bond acceptors (Lipinski definition) is 5. The van der Waals surface area contributed by atoms with Crippen LogP contribution in [0.3, 0.4) is 0 Å². The van der Waals surface area contributed by atoms with Crippen LogP contribution in [0.5, 0.6) is 0 Å². The highest BCUT2D eigenvalue weighted by Crippen LogP contribution is 2.49. The third-order valence-electron chi connectivity index (χ3n) is 4.28. The van der Waals surface area contributed by atoms with Crippen molar-refractivity contribution in [2.24, 2.45) is 23.0 Å². The SMILES string of the molecule is CCOC(=O)[C@@H](C(C)=O)C1([C@@H](C#N)C(N)=O)CCCCC1. The summed E-state index contributed by atoms with van der Waals surface area (Å²) in [5, 5.41) is 9.34. The molecule has 1 fully saturated rings. The minimum atomic E-state index is -1.16. The van der Waals surface area contributed by atoms with E-state index in [4.69, 9.17) is 10.5 Å². The van der Waals surface area contributed by atoms with Gasteiger partial charge in [0.1, 0.15) is 17.6 Å². The molecule has 6 nitrogen and oxygen atoms in total. The molecule has 0 spiro atoms. The highest BCUT2D eigenvalue weighted by molar-refractivity contribution is 5.99. The molecule has 0 aromatic heterocycles. The van der Waals surface area contributed by atoms with Gasteiger partial charge in [0.05, 0.1) is 12.7 Å². The molecule has 0 radical (unpaired) electrons. The van der Waals surface area contributed by atoms with Gasteiger partial charge in [-0.1, -0.05) is 19.3 Å². The maximum atomic E-state index is 12.2. The number of amides is 1. The fraction of sp³-hybridized carbons (Fsp3) is 0.733. The molecule has 0 aliphatic heterocycles. The van der Waals surface area contributed by atoms with Crippen molar-refractivity contribution in [3.8, 4) is 6.07 Å². The van der Waals surface area contributed by atoms with Crippen molar-refractivity contribution >= 4 is 17.7 Å². The Labute approximate surface area is 124 Å². The van der Waals surface area contributed by atoms with E-state index in [1.165, 1.54) is 6.92 Å². The van der Waals surface area contributed by atoms with Crippen molar-refractivity contribution in [1.82, 2.24) is 0 Å². The summed E-state index contributed by atoms with van der Waals surface area (Å²) in [7, 11) is 0. The van der Waals surface area contributed by atoms with Gasteiger partial charge in [0.15, 0.2) is 0 Å². The highest BCUT2D eigenvalue weighted by Gasteiger charge is 2.54. The number of primary amides is 1. The summed E-state index contributed by atoms with van der Waals surface area (Å²) in [5.41, 5.74) is 4.32. The lowest BCUT2D eigenvalue weighted by atomic mass is 9.58. The molecule has 0 aromatic rings. The van der Waals surface area contributed by atoms with Gasteiger partial charge >= 0.3 is 5.97 Å². The second kappa shape index (κ2) is 7.21. The first kappa shape index (κ1) is 17.2. The minimum Gasteiger partial charge on any atom is -0.465 e. The summed E-state index contributed by atoms with van der Waals surface area (Å²) in [6.45, 7) is 3.10. The summed E-state index contributed by atoms with van der Waals surface area (Å²) < 4.78 is 5.00. The maximum absolute atomic E-state index is 12.2. The molecule has 1 rings (SSSR count). The molecule has 1 amide bonds. The Morgan fingerprint density at radius 2 is 1.86 bits per heavy atom. The molecule has 0 unspecified atom stereocenters. The third-order valence-corrected chi connectivity index (χ3v) is 4.28. The van der Waals surface area contributed by atoms with Gasteiger partial charge < -0.3 is 10.5 Å². The average molecular weight is 294 g/mol. The lowest BCUT2D eigenvalue weighted by Gasteiger charge is -2.43. The van der Waals surface area contributed by atoms with Crippen molar-refractivity contribution in [2.45, 2.75) is 46.0 Å². The number of nitrogens with two attached hydrogens (primary N) is 1. The number of nitrogens with zero attached hydrogens (tertiary/aromatic N) is 1. The van der Waals surface area contributed by atoms with Gasteiger partial charge in [-0.05, 0) is 26.7 Å². The Morgan fingerprint density at radius 1 is 1.29 bits per heavy atom. The van der Waals surface area contributed by atoms with Crippen molar-refractivity contribution in [3.63, 3.8) is 0 Å². The Balaban J connectivity index is 3.32. The number of rotatable bonds is 6. The molecule has 6 heteroatoms. The van der Waals surface area contributed by atoms with E-state index in [0.29, 0.717) is 12.8 Å². The normalized spacial score (nSPS) is 19.9. The monoisotopic (exact) mass is 294 g/mol. The molecule has 0 bridgehead atoms. The number of esters is 1. The van der Waals surface area contributed by atoms with Gasteiger partial charge in [-0.2, -0.15) is 5.26 Å². The molecule has 116 valence electrons. The second-order valence-corrected chi connectivity index (χ2v) is 5.55. The molecule has 1 aliphatic carbocycles. The van der Waals surface area contributed by atoms with Gasteiger partial charge in [-0.25, -0.2) is 0 Å². The van der Waals surface area contributed by atoms with E-state index in [9.17, 15) is 19.6 Å². The van der Waals surface area contributed by atoms with Crippen LogP contribution >= 0.6 is 0 Å². The standard InChI is InChI=1S/C15H22N2O4/c1-3-21-14(20)12(10(2)18)15(7-5-4-6-8-15)11(9-16)13(17)19/h11-12H,3-8H2,1-2H3,(H2,17,19)/t11-,12+/m0/s1. The topological polar surface area (TPSA) is 110 Å². The number of Topliss-reactive ketones (excluding diaryl/α,β-unsaturated/α-hetero) is 1. The van der Waals surface area contributed by atoms with Crippen LogP contribution in [0.15, 0.2) is 0 Å². The number of ether oxygens (including phenoxy) is 1. The molecule has 21 heavy (non-hydrogen) atoms. The fourth-order valence-corrected chi connectivity index (χ4v) is 3.46. The second-order valence-electron chi connectivity index (χ2n) is 5.55. The van der Waals surface area contributed by atoms with E-state index < -0.39 is 29.1 Å². The van der Waals surface area contributed by atoms with Crippen molar-refractivity contribution in [2.75, 3.05) is 6.61 Å². The van der Waals surface area contributed by atoms with Gasteiger partial charge in [0.2, 0.25) is 5.91 Å². The van der Waals surface area contributed by atoms with Gasteiger partial charge in [0, 0.05) is 5.41 Å². The summed E-state index contributed by atoms with van der Waals surface area (Å²) in [6, 6.07) is 1.91. The largest absolute Gasteiger partial charge is 0.465 e. The van der Waals surface area contributed by atoms with E-state index in [0.717, 1.165) is 19.3 Å². The van der Waals surface area contributed by atoms with Crippen LogP contribution in [0, 0.1) is 28.6 Å². The Kier molecular flexibility index (Phi) is 5.89. The molecule has 2 N–H and O–H groups in total. The van der Waals surface area contributed by atoms with E-state index in [1.54, 1.807) is 6.92 Å². The number of ketones is 1. The number of carbonyl (C=O) groups is 3. The fourth-order valence-electron chi connectivity index (χ4n) is 3.46. The summed E-state index contributed by atoms with van der Waals surface area (Å²) in [4.78, 5) is 36.0. The zero-order chi connectivity index (χ0) is 16.0. The van der Waals surface area contributed by atoms with Gasteiger partial charge in [-0.3, -0.25) is 14.4 Å². The molecule has 0 aromatic carbocycles. The van der Waals surface area contributed by atoms with Crippen molar-refractivity contribution in [3.05, 3.63) is 0 Å². The van der Waals surface area contributed by atoms with Gasteiger partial charge in [-0.15, -0.1) is 0 Å².